The van der Waals surface area contributed by atoms with Crippen LogP contribution >= 0.6 is 15.9 Å². The number of carbonyl (C=O) groups is 3. The molecule has 0 saturated carbocycles. The van der Waals surface area contributed by atoms with Gasteiger partial charge in [-0.3, -0.25) is 9.59 Å². The molecule has 0 N–H and O–H groups in total. The van der Waals surface area contributed by atoms with Crippen LogP contribution in [0.3, 0.4) is 0 Å². The predicted molar refractivity (Wildman–Crippen MR) is 112 cm³/mol. The Bertz CT molecular complexity index is 1040. The number of rotatable bonds is 6. The van der Waals surface area contributed by atoms with Crippen molar-refractivity contribution in [3.63, 3.8) is 0 Å². The molecule has 0 aliphatic rings. The molecule has 0 aliphatic carbocycles. The number of benzene rings is 3. The topological polar surface area (TPSA) is 69.7 Å². The fourth-order valence-electron chi connectivity index (χ4n) is 2.68. The van der Waals surface area contributed by atoms with Crippen LogP contribution in [0.2, 0.25) is 0 Å². The molecule has 0 bridgehead atoms. The first kappa shape index (κ1) is 20.5. The zero-order chi connectivity index (χ0) is 20.8. The van der Waals surface area contributed by atoms with Crippen LogP contribution in [-0.2, 0) is 9.53 Å². The molecular formula is C23H17BrO5. The van der Waals surface area contributed by atoms with Gasteiger partial charge in [-0.25, -0.2) is 4.79 Å². The molecule has 0 atom stereocenters. The SMILES string of the molecule is CC(=O)Oc1ccc(C(=O)OCC(=O)c2ccc(Br)cc2)cc1-c1ccccc1. The van der Waals surface area contributed by atoms with Crippen LogP contribution in [0.15, 0.2) is 77.3 Å². The summed E-state index contributed by atoms with van der Waals surface area (Å²) >= 11 is 3.31. The molecule has 0 amide bonds. The molecule has 0 unspecified atom stereocenters. The van der Waals surface area contributed by atoms with Crippen molar-refractivity contribution in [1.82, 2.24) is 0 Å². The fourth-order valence-corrected chi connectivity index (χ4v) is 2.94. The summed E-state index contributed by atoms with van der Waals surface area (Å²) in [7, 11) is 0. The Morgan fingerprint density at radius 3 is 2.17 bits per heavy atom. The average molecular weight is 453 g/mol. The van der Waals surface area contributed by atoms with E-state index in [1.54, 1.807) is 30.3 Å². The average Bonchev–Trinajstić information content (AvgIpc) is 2.73. The number of ether oxygens (including phenoxy) is 2. The van der Waals surface area contributed by atoms with Crippen molar-refractivity contribution >= 4 is 33.7 Å². The smallest absolute Gasteiger partial charge is 0.338 e. The molecule has 0 aromatic heterocycles. The number of hydrogen-bond acceptors (Lipinski definition) is 5. The summed E-state index contributed by atoms with van der Waals surface area (Å²) in [6.45, 7) is 0.942. The minimum absolute atomic E-state index is 0.253. The summed E-state index contributed by atoms with van der Waals surface area (Å²) in [4.78, 5) is 36.1. The van der Waals surface area contributed by atoms with Gasteiger partial charge in [-0.05, 0) is 35.9 Å². The minimum atomic E-state index is -0.637. The highest BCUT2D eigenvalue weighted by molar-refractivity contribution is 9.10. The van der Waals surface area contributed by atoms with Crippen molar-refractivity contribution in [2.45, 2.75) is 6.92 Å². The first-order valence-corrected chi connectivity index (χ1v) is 9.57. The molecule has 29 heavy (non-hydrogen) atoms. The number of hydrogen-bond donors (Lipinski definition) is 0. The quantitative estimate of drug-likeness (QED) is 0.296. The van der Waals surface area contributed by atoms with E-state index in [9.17, 15) is 14.4 Å². The Balaban J connectivity index is 1.79. The van der Waals surface area contributed by atoms with Crippen molar-refractivity contribution in [1.29, 1.82) is 0 Å². The second-order valence-corrected chi connectivity index (χ2v) is 7.09. The molecule has 0 aliphatic heterocycles. The molecule has 3 aromatic carbocycles. The van der Waals surface area contributed by atoms with Crippen LogP contribution in [-0.4, -0.2) is 24.3 Å². The molecule has 0 heterocycles. The van der Waals surface area contributed by atoms with Gasteiger partial charge in [-0.15, -0.1) is 0 Å². The van der Waals surface area contributed by atoms with E-state index in [4.69, 9.17) is 9.47 Å². The van der Waals surface area contributed by atoms with E-state index in [0.29, 0.717) is 16.9 Å². The standard InChI is InChI=1S/C23H17BrO5/c1-15(25)29-22-12-9-18(13-20(22)16-5-3-2-4-6-16)23(27)28-14-21(26)17-7-10-19(24)11-8-17/h2-13H,14H2,1H3. The minimum Gasteiger partial charge on any atom is -0.454 e. The highest BCUT2D eigenvalue weighted by atomic mass is 79.9. The summed E-state index contributed by atoms with van der Waals surface area (Å²) in [5.74, 6) is -1.06. The lowest BCUT2D eigenvalue weighted by atomic mass is 10.0. The normalized spacial score (nSPS) is 10.3. The Hall–Kier alpha value is -3.25. The molecule has 0 radical (unpaired) electrons. The van der Waals surface area contributed by atoms with Crippen molar-refractivity contribution in [3.8, 4) is 16.9 Å². The van der Waals surface area contributed by atoms with Crippen molar-refractivity contribution in [3.05, 3.63) is 88.4 Å². The maximum Gasteiger partial charge on any atom is 0.338 e. The summed E-state index contributed by atoms with van der Waals surface area (Å²) in [6.07, 6.45) is 0. The van der Waals surface area contributed by atoms with Gasteiger partial charge in [0.05, 0.1) is 5.56 Å². The third-order valence-electron chi connectivity index (χ3n) is 4.05. The maximum absolute atomic E-state index is 12.5. The zero-order valence-corrected chi connectivity index (χ0v) is 17.1. The van der Waals surface area contributed by atoms with Crippen molar-refractivity contribution < 1.29 is 23.9 Å². The third kappa shape index (κ3) is 5.39. The monoisotopic (exact) mass is 452 g/mol. The van der Waals surface area contributed by atoms with Crippen LogP contribution in [0.1, 0.15) is 27.6 Å². The Labute approximate surface area is 176 Å². The first-order chi connectivity index (χ1) is 13.9. The number of Topliss-reactive ketones (excluding diaryl/α,β-unsaturated/α-hetero) is 1. The second kappa shape index (κ2) is 9.30. The van der Waals surface area contributed by atoms with Crippen LogP contribution in [0, 0.1) is 0 Å². The van der Waals surface area contributed by atoms with Crippen LogP contribution in [0.5, 0.6) is 5.75 Å². The largest absolute Gasteiger partial charge is 0.454 e. The molecule has 3 rings (SSSR count). The lowest BCUT2D eigenvalue weighted by molar-refractivity contribution is -0.131. The zero-order valence-electron chi connectivity index (χ0n) is 15.6. The molecule has 0 saturated heterocycles. The van der Waals surface area contributed by atoms with Gasteiger partial charge in [0.1, 0.15) is 5.75 Å². The van der Waals surface area contributed by atoms with Gasteiger partial charge >= 0.3 is 11.9 Å². The summed E-state index contributed by atoms with van der Waals surface area (Å²) in [5, 5.41) is 0. The van der Waals surface area contributed by atoms with Gasteiger partial charge in [-0.1, -0.05) is 58.4 Å². The van der Waals surface area contributed by atoms with Gasteiger partial charge in [0.2, 0.25) is 0 Å². The van der Waals surface area contributed by atoms with E-state index in [0.717, 1.165) is 10.0 Å². The molecule has 5 nitrogen and oxygen atoms in total. The Morgan fingerprint density at radius 1 is 0.862 bits per heavy atom. The van der Waals surface area contributed by atoms with Gasteiger partial charge in [-0.2, -0.15) is 0 Å². The van der Waals surface area contributed by atoms with E-state index in [2.05, 4.69) is 15.9 Å². The van der Waals surface area contributed by atoms with E-state index in [-0.39, 0.29) is 18.0 Å². The highest BCUT2D eigenvalue weighted by Crippen LogP contribution is 2.31. The van der Waals surface area contributed by atoms with Gasteiger partial charge in [0, 0.05) is 22.5 Å². The molecule has 6 heteroatoms. The Morgan fingerprint density at radius 2 is 1.52 bits per heavy atom. The fraction of sp³-hybridized carbons (Fsp3) is 0.0870. The third-order valence-corrected chi connectivity index (χ3v) is 4.58. The van der Waals surface area contributed by atoms with Gasteiger partial charge in [0.25, 0.3) is 0 Å². The van der Waals surface area contributed by atoms with Gasteiger partial charge in [0.15, 0.2) is 12.4 Å². The summed E-state index contributed by atoms with van der Waals surface area (Å²) in [6, 6.07) is 20.6. The first-order valence-electron chi connectivity index (χ1n) is 8.78. The van der Waals surface area contributed by atoms with Crippen molar-refractivity contribution in [2.24, 2.45) is 0 Å². The summed E-state index contributed by atoms with van der Waals surface area (Å²) in [5.41, 5.74) is 2.07. The molecule has 0 spiro atoms. The van der Waals surface area contributed by atoms with Gasteiger partial charge < -0.3 is 9.47 Å². The van der Waals surface area contributed by atoms with E-state index in [1.807, 2.05) is 30.3 Å². The van der Waals surface area contributed by atoms with Crippen molar-refractivity contribution in [2.75, 3.05) is 6.61 Å². The maximum atomic E-state index is 12.5. The molecule has 146 valence electrons. The second-order valence-electron chi connectivity index (χ2n) is 6.18. The predicted octanol–water partition coefficient (Wildman–Crippen LogP) is 5.08. The molecular weight excluding hydrogens is 436 g/mol. The molecule has 3 aromatic rings. The van der Waals surface area contributed by atoms with E-state index >= 15 is 0 Å². The number of halogens is 1. The van der Waals surface area contributed by atoms with Crippen LogP contribution < -0.4 is 4.74 Å². The lowest BCUT2D eigenvalue weighted by Crippen LogP contribution is -2.14. The number of carbonyl (C=O) groups excluding carboxylic acids is 3. The summed E-state index contributed by atoms with van der Waals surface area (Å²) < 4.78 is 11.3. The van der Waals surface area contributed by atoms with E-state index in [1.165, 1.54) is 19.1 Å². The number of esters is 2. The highest BCUT2D eigenvalue weighted by Gasteiger charge is 2.16. The van der Waals surface area contributed by atoms with Crippen LogP contribution in [0.4, 0.5) is 0 Å². The Kier molecular flexibility index (Phi) is 6.57. The molecule has 0 fully saturated rings. The van der Waals surface area contributed by atoms with Crippen LogP contribution in [0.25, 0.3) is 11.1 Å². The lowest BCUT2D eigenvalue weighted by Gasteiger charge is -2.11. The van der Waals surface area contributed by atoms with E-state index < -0.39 is 11.9 Å². The number of ketones is 1.